The fraction of sp³-hybridized carbons (Fsp3) is 0.333. The third kappa shape index (κ3) is 2.62. The second-order valence-corrected chi connectivity index (χ2v) is 4.75. The second-order valence-electron chi connectivity index (χ2n) is 3.86. The molecule has 1 unspecified atom stereocenters. The fourth-order valence-corrected chi connectivity index (χ4v) is 2.35. The van der Waals surface area contributed by atoms with Gasteiger partial charge in [0, 0.05) is 12.2 Å². The van der Waals surface area contributed by atoms with Crippen molar-refractivity contribution in [1.29, 1.82) is 0 Å². The van der Waals surface area contributed by atoms with Crippen LogP contribution < -0.4 is 11.1 Å². The van der Waals surface area contributed by atoms with Crippen LogP contribution in [0.4, 0.5) is 5.69 Å². The first kappa shape index (κ1) is 12.0. The lowest BCUT2D eigenvalue weighted by Crippen LogP contribution is -2.28. The summed E-state index contributed by atoms with van der Waals surface area (Å²) in [6.07, 6.45) is 0.755. The molecule has 0 aliphatic carbocycles. The molecule has 0 bridgehead atoms. The van der Waals surface area contributed by atoms with Crippen molar-refractivity contribution in [3.63, 3.8) is 0 Å². The Morgan fingerprint density at radius 3 is 3.12 bits per heavy atom. The highest BCUT2D eigenvalue weighted by Gasteiger charge is 2.14. The molecule has 90 valence electrons. The predicted molar refractivity (Wildman–Crippen MR) is 71.1 cm³/mol. The first-order valence-electron chi connectivity index (χ1n) is 5.58. The van der Waals surface area contributed by atoms with Crippen LogP contribution in [0.2, 0.25) is 0 Å². The topological polar surface area (TPSA) is 68.0 Å². The van der Waals surface area contributed by atoms with Gasteiger partial charge in [-0.15, -0.1) is 11.3 Å². The van der Waals surface area contributed by atoms with Crippen molar-refractivity contribution in [3.05, 3.63) is 23.7 Å². The predicted octanol–water partition coefficient (Wildman–Crippen LogP) is 2.22. The Kier molecular flexibility index (Phi) is 3.71. The minimum Gasteiger partial charge on any atom is -0.330 e. The summed E-state index contributed by atoms with van der Waals surface area (Å²) in [5, 5.41) is 2.89. The van der Waals surface area contributed by atoms with Gasteiger partial charge in [-0.25, -0.2) is 4.98 Å². The number of hydrogen-bond donors (Lipinski definition) is 2. The largest absolute Gasteiger partial charge is 0.330 e. The summed E-state index contributed by atoms with van der Waals surface area (Å²) in [6, 6.07) is 5.71. The molecule has 3 N–H and O–H groups in total. The highest BCUT2D eigenvalue weighted by Crippen LogP contribution is 2.22. The number of nitrogens with two attached hydrogens (primary N) is 1. The Morgan fingerprint density at radius 2 is 2.41 bits per heavy atom. The van der Waals surface area contributed by atoms with E-state index in [1.54, 1.807) is 16.8 Å². The second kappa shape index (κ2) is 5.25. The third-order valence-electron chi connectivity index (χ3n) is 2.75. The molecule has 1 aromatic carbocycles. The van der Waals surface area contributed by atoms with E-state index in [-0.39, 0.29) is 11.8 Å². The molecule has 0 saturated heterocycles. The SMILES string of the molecule is CCC(CN)C(=O)Nc1ccc2ncsc2c1. The average Bonchev–Trinajstić information content (AvgIpc) is 2.77. The third-order valence-corrected chi connectivity index (χ3v) is 3.54. The lowest BCUT2D eigenvalue weighted by molar-refractivity contribution is -0.119. The summed E-state index contributed by atoms with van der Waals surface area (Å²) >= 11 is 1.56. The number of nitrogens with zero attached hydrogens (tertiary/aromatic N) is 1. The van der Waals surface area contributed by atoms with E-state index in [2.05, 4.69) is 10.3 Å². The van der Waals surface area contributed by atoms with Crippen molar-refractivity contribution in [1.82, 2.24) is 4.98 Å². The van der Waals surface area contributed by atoms with Crippen molar-refractivity contribution in [2.24, 2.45) is 11.7 Å². The molecule has 0 fully saturated rings. The van der Waals surface area contributed by atoms with Crippen LogP contribution in [0.1, 0.15) is 13.3 Å². The molecule has 1 aromatic heterocycles. The minimum absolute atomic E-state index is 0.0149. The van der Waals surface area contributed by atoms with E-state index in [1.165, 1.54) is 0 Å². The highest BCUT2D eigenvalue weighted by molar-refractivity contribution is 7.16. The molecule has 2 rings (SSSR count). The van der Waals surface area contributed by atoms with Gasteiger partial charge < -0.3 is 11.1 Å². The number of hydrogen-bond acceptors (Lipinski definition) is 4. The normalized spacial score (nSPS) is 12.6. The van der Waals surface area contributed by atoms with Crippen LogP contribution in [0.3, 0.4) is 0 Å². The van der Waals surface area contributed by atoms with E-state index in [9.17, 15) is 4.79 Å². The molecule has 0 radical (unpaired) electrons. The quantitative estimate of drug-likeness (QED) is 0.873. The lowest BCUT2D eigenvalue weighted by Gasteiger charge is -2.12. The van der Waals surface area contributed by atoms with Gasteiger partial charge in [0.2, 0.25) is 5.91 Å². The Hall–Kier alpha value is -1.46. The Balaban J connectivity index is 2.14. The summed E-state index contributed by atoms with van der Waals surface area (Å²) in [6.45, 7) is 2.34. The number of carbonyl (C=O) groups is 1. The summed E-state index contributed by atoms with van der Waals surface area (Å²) in [4.78, 5) is 16.0. The zero-order valence-corrected chi connectivity index (χ0v) is 10.5. The molecule has 1 atom stereocenters. The molecule has 0 saturated carbocycles. The molecule has 17 heavy (non-hydrogen) atoms. The summed E-state index contributed by atoms with van der Waals surface area (Å²) in [5.74, 6) is -0.133. The number of aromatic nitrogens is 1. The lowest BCUT2D eigenvalue weighted by atomic mass is 10.1. The van der Waals surface area contributed by atoms with Gasteiger partial charge in [-0.05, 0) is 24.6 Å². The molecule has 5 heteroatoms. The summed E-state index contributed by atoms with van der Waals surface area (Å²) in [5.41, 5.74) is 9.10. The Labute approximate surface area is 104 Å². The summed E-state index contributed by atoms with van der Waals surface area (Å²) in [7, 11) is 0. The van der Waals surface area contributed by atoms with Crippen molar-refractivity contribution in [2.75, 3.05) is 11.9 Å². The van der Waals surface area contributed by atoms with Crippen LogP contribution in [0.5, 0.6) is 0 Å². The van der Waals surface area contributed by atoms with Crippen molar-refractivity contribution in [2.45, 2.75) is 13.3 Å². The number of amides is 1. The van der Waals surface area contributed by atoms with Gasteiger partial charge in [0.1, 0.15) is 0 Å². The number of carbonyl (C=O) groups excluding carboxylic acids is 1. The maximum Gasteiger partial charge on any atom is 0.228 e. The number of anilines is 1. The van der Waals surface area contributed by atoms with Gasteiger partial charge in [0.15, 0.2) is 0 Å². The van der Waals surface area contributed by atoms with Gasteiger partial charge >= 0.3 is 0 Å². The summed E-state index contributed by atoms with van der Waals surface area (Å²) < 4.78 is 1.07. The molecule has 4 nitrogen and oxygen atoms in total. The van der Waals surface area contributed by atoms with Crippen LogP contribution in [0.15, 0.2) is 23.7 Å². The average molecular weight is 249 g/mol. The first-order chi connectivity index (χ1) is 8.24. The van der Waals surface area contributed by atoms with Gasteiger partial charge in [-0.3, -0.25) is 4.79 Å². The van der Waals surface area contributed by atoms with E-state index >= 15 is 0 Å². The van der Waals surface area contributed by atoms with E-state index < -0.39 is 0 Å². The maximum atomic E-state index is 11.8. The van der Waals surface area contributed by atoms with Gasteiger partial charge in [-0.1, -0.05) is 6.92 Å². The molecule has 2 aromatic rings. The fourth-order valence-electron chi connectivity index (χ4n) is 1.64. The number of thiazole rings is 1. The van der Waals surface area contributed by atoms with E-state index in [0.29, 0.717) is 6.54 Å². The Morgan fingerprint density at radius 1 is 1.59 bits per heavy atom. The zero-order valence-electron chi connectivity index (χ0n) is 9.64. The smallest absolute Gasteiger partial charge is 0.228 e. The van der Waals surface area contributed by atoms with E-state index in [4.69, 9.17) is 5.73 Å². The highest BCUT2D eigenvalue weighted by atomic mass is 32.1. The van der Waals surface area contributed by atoms with Crippen LogP contribution >= 0.6 is 11.3 Å². The van der Waals surface area contributed by atoms with Crippen molar-refractivity contribution >= 4 is 33.1 Å². The van der Waals surface area contributed by atoms with Crippen molar-refractivity contribution in [3.8, 4) is 0 Å². The standard InChI is InChI=1S/C12H15N3OS/c1-2-8(6-13)12(16)15-9-3-4-10-11(5-9)17-7-14-10/h3-5,7-8H,2,6,13H2,1H3,(H,15,16). The molecule has 0 aliphatic rings. The van der Waals surface area contributed by atoms with Crippen LogP contribution in [0, 0.1) is 5.92 Å². The van der Waals surface area contributed by atoms with E-state index in [1.807, 2.05) is 25.1 Å². The molecular formula is C12H15N3OS. The molecule has 0 aliphatic heterocycles. The van der Waals surface area contributed by atoms with Crippen molar-refractivity contribution < 1.29 is 4.79 Å². The number of benzene rings is 1. The molecule has 0 spiro atoms. The first-order valence-corrected chi connectivity index (χ1v) is 6.46. The number of nitrogens with one attached hydrogen (secondary N) is 1. The van der Waals surface area contributed by atoms with Gasteiger partial charge in [0.05, 0.1) is 21.6 Å². The molecule has 1 heterocycles. The van der Waals surface area contributed by atoms with Crippen LogP contribution in [-0.2, 0) is 4.79 Å². The molecular weight excluding hydrogens is 234 g/mol. The Bertz CT molecular complexity index is 519. The molecule has 1 amide bonds. The van der Waals surface area contributed by atoms with Gasteiger partial charge in [0.25, 0.3) is 0 Å². The van der Waals surface area contributed by atoms with Gasteiger partial charge in [-0.2, -0.15) is 0 Å². The van der Waals surface area contributed by atoms with Crippen LogP contribution in [0.25, 0.3) is 10.2 Å². The minimum atomic E-state index is -0.118. The van der Waals surface area contributed by atoms with Crippen LogP contribution in [-0.4, -0.2) is 17.4 Å². The van der Waals surface area contributed by atoms with E-state index in [0.717, 1.165) is 22.3 Å². The number of fused-ring (bicyclic) bond motifs is 1. The monoisotopic (exact) mass is 249 g/mol. The maximum absolute atomic E-state index is 11.8. The zero-order chi connectivity index (χ0) is 12.3. The number of rotatable bonds is 4.